The number of carbonyl (C=O) groups is 2. The van der Waals surface area contributed by atoms with Crippen LogP contribution in [0.25, 0.3) is 0 Å². The van der Waals surface area contributed by atoms with Crippen LogP contribution in [0.5, 0.6) is 0 Å². The molecule has 0 aromatic heterocycles. The number of benzene rings is 2. The Balaban J connectivity index is 2.15. The largest absolute Gasteiger partial charge is 0.465 e. The Bertz CT molecular complexity index is 1170. The molecule has 0 saturated carbocycles. The summed E-state index contributed by atoms with van der Waals surface area (Å²) in [6, 6.07) is 7.89. The van der Waals surface area contributed by atoms with Crippen LogP contribution in [0, 0.1) is 11.2 Å². The molecule has 0 fully saturated rings. The first kappa shape index (κ1) is 26.1. The van der Waals surface area contributed by atoms with Gasteiger partial charge in [0.2, 0.25) is 0 Å². The van der Waals surface area contributed by atoms with Crippen LogP contribution in [0.2, 0.25) is 5.02 Å². The molecule has 2 aromatic rings. The number of ether oxygens (including phenoxy) is 1. The summed E-state index contributed by atoms with van der Waals surface area (Å²) >= 11 is 9.37. The Labute approximate surface area is 210 Å². The van der Waals surface area contributed by atoms with Gasteiger partial charge in [-0.2, -0.15) is 0 Å². The number of nitrogens with two attached hydrogens (primary N) is 1. The summed E-state index contributed by atoms with van der Waals surface area (Å²) in [5, 5.41) is 10.4. The van der Waals surface area contributed by atoms with Crippen molar-refractivity contribution >= 4 is 45.4 Å². The Kier molecular flexibility index (Phi) is 7.40. The van der Waals surface area contributed by atoms with Crippen LogP contribution in [0.1, 0.15) is 54.7 Å². The van der Waals surface area contributed by atoms with Crippen molar-refractivity contribution in [2.75, 3.05) is 13.7 Å². The van der Waals surface area contributed by atoms with Crippen molar-refractivity contribution in [1.29, 1.82) is 0 Å². The number of aliphatic imine (C=N–C) groups is 1. The van der Waals surface area contributed by atoms with Gasteiger partial charge in [0.1, 0.15) is 5.82 Å². The summed E-state index contributed by atoms with van der Waals surface area (Å²) in [6.07, 6.45) is 0.167. The second kappa shape index (κ2) is 9.64. The quantitative estimate of drug-likeness (QED) is 0.510. The first-order valence-electron chi connectivity index (χ1n) is 10.5. The van der Waals surface area contributed by atoms with E-state index in [9.17, 15) is 14.7 Å². The number of rotatable bonds is 6. The molecule has 3 rings (SSSR count). The third kappa shape index (κ3) is 4.82. The molecule has 0 saturated heterocycles. The summed E-state index contributed by atoms with van der Waals surface area (Å²) < 4.78 is 20.4. The molecule has 2 aromatic carbocycles. The van der Waals surface area contributed by atoms with Crippen LogP contribution >= 0.6 is 27.5 Å². The zero-order valence-corrected chi connectivity index (χ0v) is 21.6. The normalized spacial score (nSPS) is 19.2. The number of guanidine groups is 1. The van der Waals surface area contributed by atoms with Crippen molar-refractivity contribution < 1.29 is 23.8 Å². The van der Waals surface area contributed by atoms with Gasteiger partial charge in [0, 0.05) is 10.0 Å². The summed E-state index contributed by atoms with van der Waals surface area (Å²) in [5.74, 6) is -2.01. The smallest absolute Gasteiger partial charge is 0.339 e. The Morgan fingerprint density at radius 1 is 1.32 bits per heavy atom. The molecule has 1 aliphatic heterocycles. The van der Waals surface area contributed by atoms with Gasteiger partial charge in [0.15, 0.2) is 11.5 Å². The van der Waals surface area contributed by atoms with Crippen LogP contribution < -0.4 is 5.73 Å². The van der Waals surface area contributed by atoms with E-state index >= 15 is 4.39 Å². The van der Waals surface area contributed by atoms with Gasteiger partial charge in [-0.05, 0) is 41.7 Å². The molecule has 2 atom stereocenters. The number of halogens is 3. The molecule has 1 aliphatic rings. The van der Waals surface area contributed by atoms with Crippen molar-refractivity contribution in [1.82, 2.24) is 4.90 Å². The summed E-state index contributed by atoms with van der Waals surface area (Å²) in [7, 11) is 1.22. The highest BCUT2D eigenvalue weighted by atomic mass is 79.9. The lowest BCUT2D eigenvalue weighted by Crippen LogP contribution is -2.47. The second-order valence-corrected chi connectivity index (χ2v) is 10.6. The molecule has 34 heavy (non-hydrogen) atoms. The van der Waals surface area contributed by atoms with E-state index in [0.29, 0.717) is 10.0 Å². The number of hydrogen-bond acceptors (Lipinski definition) is 6. The summed E-state index contributed by atoms with van der Waals surface area (Å²) in [5.41, 5.74) is 4.74. The number of aliphatic hydroxyl groups excluding tert-OH is 1. The topological polar surface area (TPSA) is 105 Å². The first-order valence-corrected chi connectivity index (χ1v) is 11.6. The number of amides is 1. The molecular weight excluding hydrogens is 529 g/mol. The van der Waals surface area contributed by atoms with Gasteiger partial charge in [-0.25, -0.2) is 14.2 Å². The SMILES string of the molecule is COC(=O)c1cc(C(CO)N2C(=O)[C@@](CC(C)(C)C)(c3ccc(Br)cc3F)N=C2N)ccc1Cl. The van der Waals surface area contributed by atoms with E-state index in [0.717, 1.165) is 4.90 Å². The Morgan fingerprint density at radius 2 is 2.00 bits per heavy atom. The molecule has 1 heterocycles. The standard InChI is InChI=1S/C24H26BrClFN3O4/c1-23(2,3)12-24(16-7-6-14(25)10-18(16)27)21(33)30(22(28)29-24)19(11-31)13-5-8-17(26)15(9-13)20(32)34-4/h5-10,19,31H,11-12H2,1-4H3,(H2,28,29)/t19?,24-/m1/s1. The maximum Gasteiger partial charge on any atom is 0.339 e. The predicted octanol–water partition coefficient (Wildman–Crippen LogP) is 4.55. The highest BCUT2D eigenvalue weighted by Crippen LogP contribution is 2.45. The molecule has 0 radical (unpaired) electrons. The van der Waals surface area contributed by atoms with E-state index < -0.39 is 41.3 Å². The maximum absolute atomic E-state index is 15.2. The molecule has 3 N–H and O–H groups in total. The minimum atomic E-state index is -1.63. The molecule has 1 unspecified atom stereocenters. The van der Waals surface area contributed by atoms with Crippen molar-refractivity contribution in [3.8, 4) is 0 Å². The van der Waals surface area contributed by atoms with E-state index in [1.165, 1.54) is 31.4 Å². The van der Waals surface area contributed by atoms with Crippen molar-refractivity contribution in [3.63, 3.8) is 0 Å². The van der Waals surface area contributed by atoms with Gasteiger partial charge in [-0.1, -0.05) is 60.4 Å². The van der Waals surface area contributed by atoms with E-state index in [1.54, 1.807) is 12.1 Å². The number of esters is 1. The fraction of sp³-hybridized carbons (Fsp3) is 0.375. The number of carbonyl (C=O) groups excluding carboxylic acids is 2. The minimum Gasteiger partial charge on any atom is -0.465 e. The molecule has 182 valence electrons. The van der Waals surface area contributed by atoms with Crippen LogP contribution in [0.15, 0.2) is 45.9 Å². The molecule has 10 heteroatoms. The monoisotopic (exact) mass is 553 g/mol. The lowest BCUT2D eigenvalue weighted by atomic mass is 9.75. The van der Waals surface area contributed by atoms with E-state index in [-0.39, 0.29) is 28.5 Å². The molecule has 0 bridgehead atoms. The maximum atomic E-state index is 15.2. The van der Waals surface area contributed by atoms with Gasteiger partial charge < -0.3 is 15.6 Å². The highest BCUT2D eigenvalue weighted by Gasteiger charge is 2.54. The molecule has 1 amide bonds. The summed E-state index contributed by atoms with van der Waals surface area (Å²) in [4.78, 5) is 31.8. The third-order valence-electron chi connectivity index (χ3n) is 5.55. The Hall–Kier alpha value is -2.49. The van der Waals surface area contributed by atoms with Crippen molar-refractivity contribution in [3.05, 3.63) is 68.4 Å². The average molecular weight is 555 g/mol. The van der Waals surface area contributed by atoms with Crippen molar-refractivity contribution in [2.45, 2.75) is 38.8 Å². The molecule has 0 aliphatic carbocycles. The lowest BCUT2D eigenvalue weighted by molar-refractivity contribution is -0.135. The molecule has 0 spiro atoms. The molecular formula is C24H26BrClFN3O4. The van der Waals surface area contributed by atoms with E-state index in [4.69, 9.17) is 22.1 Å². The van der Waals surface area contributed by atoms with E-state index in [2.05, 4.69) is 20.9 Å². The van der Waals surface area contributed by atoms with Crippen LogP contribution in [-0.4, -0.2) is 41.6 Å². The van der Waals surface area contributed by atoms with Gasteiger partial charge >= 0.3 is 5.97 Å². The zero-order chi connectivity index (χ0) is 25.4. The predicted molar refractivity (Wildman–Crippen MR) is 131 cm³/mol. The summed E-state index contributed by atoms with van der Waals surface area (Å²) in [6.45, 7) is 5.22. The van der Waals surface area contributed by atoms with Gasteiger partial charge in [0.25, 0.3) is 5.91 Å². The number of nitrogens with zero attached hydrogens (tertiary/aromatic N) is 2. The van der Waals surface area contributed by atoms with Gasteiger partial charge in [-0.3, -0.25) is 9.69 Å². The number of methoxy groups -OCH3 is 1. The lowest BCUT2D eigenvalue weighted by Gasteiger charge is -2.34. The third-order valence-corrected chi connectivity index (χ3v) is 6.38. The number of aliphatic hydroxyl groups is 1. The second-order valence-electron chi connectivity index (χ2n) is 9.30. The fourth-order valence-electron chi connectivity index (χ4n) is 4.23. The minimum absolute atomic E-state index is 0.0715. The van der Waals surface area contributed by atoms with Crippen molar-refractivity contribution in [2.24, 2.45) is 16.1 Å². The zero-order valence-electron chi connectivity index (χ0n) is 19.2. The van der Waals surface area contributed by atoms with Crippen LogP contribution in [0.3, 0.4) is 0 Å². The van der Waals surface area contributed by atoms with Crippen LogP contribution in [-0.2, 0) is 15.1 Å². The fourth-order valence-corrected chi connectivity index (χ4v) is 4.76. The van der Waals surface area contributed by atoms with Gasteiger partial charge in [0.05, 0.1) is 30.3 Å². The average Bonchev–Trinajstić information content (AvgIpc) is 2.98. The van der Waals surface area contributed by atoms with E-state index in [1.807, 2.05) is 20.8 Å². The number of hydrogen-bond donors (Lipinski definition) is 2. The Morgan fingerprint density at radius 3 is 2.56 bits per heavy atom. The highest BCUT2D eigenvalue weighted by molar-refractivity contribution is 9.10. The van der Waals surface area contributed by atoms with Crippen LogP contribution in [0.4, 0.5) is 4.39 Å². The van der Waals surface area contributed by atoms with Gasteiger partial charge in [-0.15, -0.1) is 0 Å². The molecule has 7 nitrogen and oxygen atoms in total. The first-order chi connectivity index (χ1) is 15.8.